The third-order valence-electron chi connectivity index (χ3n) is 5.08. The highest BCUT2D eigenvalue weighted by atomic mass is 32.2. The fourth-order valence-corrected chi connectivity index (χ4v) is 4.37. The molecule has 148 valence electrons. The Balaban J connectivity index is 1.38. The van der Waals surface area contributed by atoms with Crippen LogP contribution in [0.2, 0.25) is 0 Å². The summed E-state index contributed by atoms with van der Waals surface area (Å²) in [6.07, 6.45) is 1.78. The van der Waals surface area contributed by atoms with Crippen molar-refractivity contribution in [3.63, 3.8) is 0 Å². The zero-order valence-corrected chi connectivity index (χ0v) is 16.6. The van der Waals surface area contributed by atoms with Gasteiger partial charge in [-0.3, -0.25) is 9.59 Å². The Labute approximate surface area is 168 Å². The van der Waals surface area contributed by atoms with Crippen molar-refractivity contribution in [1.82, 2.24) is 19.7 Å². The van der Waals surface area contributed by atoms with E-state index in [0.717, 1.165) is 49.3 Å². The molecule has 0 unspecified atom stereocenters. The number of hydrogen-bond donors (Lipinski definition) is 0. The van der Waals surface area contributed by atoms with Crippen LogP contribution in [0.5, 0.6) is 0 Å². The Morgan fingerprint density at radius 2 is 1.68 bits per heavy atom. The summed E-state index contributed by atoms with van der Waals surface area (Å²) in [6, 6.07) is 9.10. The van der Waals surface area contributed by atoms with Gasteiger partial charge in [0.05, 0.1) is 0 Å². The van der Waals surface area contributed by atoms with Gasteiger partial charge in [0.2, 0.25) is 5.91 Å². The molecule has 0 N–H and O–H groups in total. The Morgan fingerprint density at radius 3 is 2.39 bits per heavy atom. The smallest absolute Gasteiger partial charge is 0.267 e. The van der Waals surface area contributed by atoms with E-state index in [-0.39, 0.29) is 18.0 Å². The van der Waals surface area contributed by atoms with Gasteiger partial charge in [0, 0.05) is 63.0 Å². The predicted molar refractivity (Wildman–Crippen MR) is 111 cm³/mol. The average molecular weight is 401 g/mol. The van der Waals surface area contributed by atoms with Gasteiger partial charge in [-0.25, -0.2) is 9.67 Å². The van der Waals surface area contributed by atoms with E-state index in [9.17, 15) is 9.59 Å². The molecule has 4 rings (SSSR count). The molecule has 0 saturated carbocycles. The van der Waals surface area contributed by atoms with Crippen molar-refractivity contribution in [3.05, 3.63) is 46.9 Å². The summed E-state index contributed by atoms with van der Waals surface area (Å²) in [5.74, 6) is 3.75. The lowest BCUT2D eigenvalue weighted by molar-refractivity contribution is -0.132. The first-order chi connectivity index (χ1) is 13.7. The lowest BCUT2D eigenvalue weighted by Gasteiger charge is -2.35. The molecule has 1 amide bonds. The number of pyridine rings is 1. The second kappa shape index (κ2) is 8.64. The summed E-state index contributed by atoms with van der Waals surface area (Å²) in [6.45, 7) is 4.52. The summed E-state index contributed by atoms with van der Waals surface area (Å²) >= 11 is 1.92. The summed E-state index contributed by atoms with van der Waals surface area (Å²) < 4.78 is 1.30. The van der Waals surface area contributed by atoms with Crippen LogP contribution >= 0.6 is 11.8 Å². The standard InChI is InChI=1S/C19H24N6O2S/c26-18-5-4-17(23-11-13-28-14-12-23)21-25(18)15-19(27)24-9-7-22(8-10-24)16-3-1-2-6-20-16/h1-6H,7-15H2. The summed E-state index contributed by atoms with van der Waals surface area (Å²) in [5, 5.41) is 4.45. The van der Waals surface area contributed by atoms with Crippen LogP contribution in [-0.4, -0.2) is 76.3 Å². The Kier molecular flexibility index (Phi) is 5.80. The number of anilines is 2. The van der Waals surface area contributed by atoms with Crippen molar-refractivity contribution in [2.45, 2.75) is 6.54 Å². The maximum atomic E-state index is 12.7. The number of rotatable bonds is 4. The number of amides is 1. The number of carbonyl (C=O) groups is 1. The third kappa shape index (κ3) is 4.30. The van der Waals surface area contributed by atoms with Crippen LogP contribution < -0.4 is 15.4 Å². The van der Waals surface area contributed by atoms with Gasteiger partial charge in [0.15, 0.2) is 0 Å². The van der Waals surface area contributed by atoms with Gasteiger partial charge in [-0.05, 0) is 18.2 Å². The molecular weight excluding hydrogens is 376 g/mol. The molecule has 0 radical (unpaired) electrons. The Bertz CT molecular complexity index is 860. The number of aromatic nitrogens is 3. The molecule has 4 heterocycles. The van der Waals surface area contributed by atoms with E-state index in [4.69, 9.17) is 0 Å². The lowest BCUT2D eigenvalue weighted by Crippen LogP contribution is -2.50. The third-order valence-corrected chi connectivity index (χ3v) is 6.02. The Hall–Kier alpha value is -2.55. The van der Waals surface area contributed by atoms with Crippen LogP contribution in [-0.2, 0) is 11.3 Å². The topological polar surface area (TPSA) is 74.6 Å². The maximum absolute atomic E-state index is 12.7. The highest BCUT2D eigenvalue weighted by molar-refractivity contribution is 7.99. The molecule has 2 aliphatic heterocycles. The van der Waals surface area contributed by atoms with E-state index in [2.05, 4.69) is 19.9 Å². The van der Waals surface area contributed by atoms with Gasteiger partial charge >= 0.3 is 0 Å². The number of thioether (sulfide) groups is 1. The molecule has 2 aliphatic rings. The van der Waals surface area contributed by atoms with Crippen LogP contribution in [0, 0.1) is 0 Å². The van der Waals surface area contributed by atoms with Crippen LogP contribution in [0.1, 0.15) is 0 Å². The average Bonchev–Trinajstić information content (AvgIpc) is 2.76. The van der Waals surface area contributed by atoms with E-state index in [0.29, 0.717) is 13.1 Å². The van der Waals surface area contributed by atoms with E-state index in [1.807, 2.05) is 30.0 Å². The van der Waals surface area contributed by atoms with Crippen LogP contribution in [0.3, 0.4) is 0 Å². The van der Waals surface area contributed by atoms with Gasteiger partial charge in [0.1, 0.15) is 18.2 Å². The van der Waals surface area contributed by atoms with Gasteiger partial charge in [-0.2, -0.15) is 16.9 Å². The monoisotopic (exact) mass is 400 g/mol. The molecule has 28 heavy (non-hydrogen) atoms. The summed E-state index contributed by atoms with van der Waals surface area (Å²) in [4.78, 5) is 35.4. The quantitative estimate of drug-likeness (QED) is 0.742. The molecule has 0 aromatic carbocycles. The molecule has 0 aliphatic carbocycles. The molecule has 9 heteroatoms. The molecular formula is C19H24N6O2S. The minimum Gasteiger partial charge on any atom is -0.354 e. The normalized spacial score (nSPS) is 17.6. The molecule has 8 nitrogen and oxygen atoms in total. The zero-order valence-electron chi connectivity index (χ0n) is 15.7. The van der Waals surface area contributed by atoms with Crippen molar-refractivity contribution in [2.75, 3.05) is 60.6 Å². The predicted octanol–water partition coefficient (Wildman–Crippen LogP) is 0.540. The highest BCUT2D eigenvalue weighted by Crippen LogP contribution is 2.16. The van der Waals surface area contributed by atoms with Crippen LogP contribution in [0.25, 0.3) is 0 Å². The molecule has 2 aromatic rings. The van der Waals surface area contributed by atoms with E-state index < -0.39 is 0 Å². The number of hydrogen-bond acceptors (Lipinski definition) is 7. The first-order valence-electron chi connectivity index (χ1n) is 9.55. The number of piperazine rings is 1. The van der Waals surface area contributed by atoms with E-state index in [1.54, 1.807) is 17.2 Å². The second-order valence-electron chi connectivity index (χ2n) is 6.84. The Morgan fingerprint density at radius 1 is 0.929 bits per heavy atom. The van der Waals surface area contributed by atoms with Gasteiger partial charge in [-0.15, -0.1) is 0 Å². The fourth-order valence-electron chi connectivity index (χ4n) is 3.47. The summed E-state index contributed by atoms with van der Waals surface area (Å²) in [5.41, 5.74) is -0.240. The minimum absolute atomic E-state index is 0.0150. The van der Waals surface area contributed by atoms with E-state index in [1.165, 1.54) is 10.7 Å². The fraction of sp³-hybridized carbons (Fsp3) is 0.474. The highest BCUT2D eigenvalue weighted by Gasteiger charge is 2.23. The molecule has 0 spiro atoms. The van der Waals surface area contributed by atoms with Gasteiger partial charge in [-0.1, -0.05) is 6.07 Å². The number of carbonyl (C=O) groups excluding carboxylic acids is 1. The van der Waals surface area contributed by atoms with Gasteiger partial charge in [0.25, 0.3) is 5.56 Å². The van der Waals surface area contributed by atoms with Crippen molar-refractivity contribution in [3.8, 4) is 0 Å². The maximum Gasteiger partial charge on any atom is 0.267 e. The molecule has 0 atom stereocenters. The lowest BCUT2D eigenvalue weighted by atomic mass is 10.3. The molecule has 2 aromatic heterocycles. The van der Waals surface area contributed by atoms with Crippen LogP contribution in [0.4, 0.5) is 11.6 Å². The van der Waals surface area contributed by atoms with Crippen molar-refractivity contribution in [1.29, 1.82) is 0 Å². The number of nitrogens with zero attached hydrogens (tertiary/aromatic N) is 6. The zero-order chi connectivity index (χ0) is 19.3. The first-order valence-corrected chi connectivity index (χ1v) is 10.7. The minimum atomic E-state index is -0.240. The molecule has 2 fully saturated rings. The van der Waals surface area contributed by atoms with Crippen molar-refractivity contribution >= 4 is 29.3 Å². The second-order valence-corrected chi connectivity index (χ2v) is 8.07. The molecule has 0 bridgehead atoms. The van der Waals surface area contributed by atoms with Crippen molar-refractivity contribution < 1.29 is 4.79 Å². The van der Waals surface area contributed by atoms with Crippen molar-refractivity contribution in [2.24, 2.45) is 0 Å². The first kappa shape index (κ1) is 18.8. The summed E-state index contributed by atoms with van der Waals surface area (Å²) in [7, 11) is 0. The van der Waals surface area contributed by atoms with E-state index >= 15 is 0 Å². The van der Waals surface area contributed by atoms with Crippen LogP contribution in [0.15, 0.2) is 41.3 Å². The molecule has 2 saturated heterocycles. The largest absolute Gasteiger partial charge is 0.354 e. The SMILES string of the molecule is O=C(Cn1nc(N2CCSCC2)ccc1=O)N1CCN(c2ccccn2)CC1. The van der Waals surface area contributed by atoms with Gasteiger partial charge < -0.3 is 14.7 Å².